The Morgan fingerprint density at radius 1 is 1.33 bits per heavy atom. The predicted molar refractivity (Wildman–Crippen MR) is 68.2 cm³/mol. The van der Waals surface area contributed by atoms with E-state index in [1.807, 2.05) is 0 Å². The van der Waals surface area contributed by atoms with E-state index in [9.17, 15) is 14.4 Å². The Morgan fingerprint density at radius 2 is 2.00 bits per heavy atom. The molecule has 0 unspecified atom stereocenters. The molecule has 0 bridgehead atoms. The Morgan fingerprint density at radius 3 is 2.56 bits per heavy atom. The second kappa shape index (κ2) is 4.89. The van der Waals surface area contributed by atoms with Gasteiger partial charge in [0.2, 0.25) is 0 Å². The van der Waals surface area contributed by atoms with Crippen LogP contribution < -0.4 is 0 Å². The molecule has 1 aliphatic heterocycles. The van der Waals surface area contributed by atoms with Crippen LogP contribution in [0, 0.1) is 0 Å². The van der Waals surface area contributed by atoms with Gasteiger partial charge in [-0.05, 0) is 6.07 Å². The SMILES string of the molecule is CN1CC(=O)N(CC(=O)c2ccccc2Br)C1=O. The van der Waals surface area contributed by atoms with Crippen molar-refractivity contribution in [2.75, 3.05) is 20.1 Å². The fraction of sp³-hybridized carbons (Fsp3) is 0.250. The average Bonchev–Trinajstić information content (AvgIpc) is 2.56. The fourth-order valence-corrected chi connectivity index (χ4v) is 2.25. The molecule has 1 aromatic rings. The van der Waals surface area contributed by atoms with E-state index in [0.29, 0.717) is 10.0 Å². The maximum absolute atomic E-state index is 12.0. The first-order valence-corrected chi connectivity index (χ1v) is 6.13. The lowest BCUT2D eigenvalue weighted by Crippen LogP contribution is -2.36. The predicted octanol–water partition coefficient (Wildman–Crippen LogP) is 1.53. The molecule has 0 aromatic heterocycles. The lowest BCUT2D eigenvalue weighted by Gasteiger charge is -2.13. The summed E-state index contributed by atoms with van der Waals surface area (Å²) in [5.74, 6) is -0.609. The minimum absolute atomic E-state index is 0.0298. The zero-order chi connectivity index (χ0) is 13.3. The molecular weight excluding hydrogens is 300 g/mol. The topological polar surface area (TPSA) is 57.7 Å². The summed E-state index contributed by atoms with van der Waals surface area (Å²) in [6.07, 6.45) is 0. The molecule has 0 N–H and O–H groups in total. The van der Waals surface area contributed by atoms with Crippen molar-refractivity contribution in [1.82, 2.24) is 9.80 Å². The van der Waals surface area contributed by atoms with Crippen LogP contribution in [0.15, 0.2) is 28.7 Å². The highest BCUT2D eigenvalue weighted by Crippen LogP contribution is 2.18. The highest BCUT2D eigenvalue weighted by molar-refractivity contribution is 9.10. The van der Waals surface area contributed by atoms with Gasteiger partial charge in [-0.2, -0.15) is 0 Å². The van der Waals surface area contributed by atoms with E-state index in [-0.39, 0.29) is 24.8 Å². The number of hydrogen-bond acceptors (Lipinski definition) is 3. The van der Waals surface area contributed by atoms with Gasteiger partial charge in [0.05, 0.1) is 6.54 Å². The Labute approximate surface area is 112 Å². The van der Waals surface area contributed by atoms with Gasteiger partial charge in [-0.1, -0.05) is 34.1 Å². The van der Waals surface area contributed by atoms with Crippen molar-refractivity contribution >= 4 is 33.7 Å². The van der Waals surface area contributed by atoms with Crippen molar-refractivity contribution in [3.8, 4) is 0 Å². The lowest BCUT2D eigenvalue weighted by molar-refractivity contribution is -0.125. The number of rotatable bonds is 3. The minimum atomic E-state index is -0.430. The summed E-state index contributed by atoms with van der Waals surface area (Å²) in [6.45, 7) is -0.188. The maximum Gasteiger partial charge on any atom is 0.327 e. The number of carbonyl (C=O) groups excluding carboxylic acids is 3. The number of hydrogen-bond donors (Lipinski definition) is 0. The van der Waals surface area contributed by atoms with Crippen LogP contribution in [0.25, 0.3) is 0 Å². The molecule has 0 atom stereocenters. The summed E-state index contributed by atoms with van der Waals surface area (Å²) in [4.78, 5) is 37.5. The van der Waals surface area contributed by atoms with E-state index >= 15 is 0 Å². The van der Waals surface area contributed by atoms with Crippen LogP contribution in [0.4, 0.5) is 4.79 Å². The number of imide groups is 1. The van der Waals surface area contributed by atoms with Crippen LogP contribution in [0.1, 0.15) is 10.4 Å². The third kappa shape index (κ3) is 2.28. The number of halogens is 1. The van der Waals surface area contributed by atoms with E-state index in [4.69, 9.17) is 0 Å². The summed E-state index contributed by atoms with van der Waals surface area (Å²) < 4.78 is 0.655. The number of benzene rings is 1. The van der Waals surface area contributed by atoms with Gasteiger partial charge in [-0.3, -0.25) is 14.5 Å². The van der Waals surface area contributed by atoms with Crippen molar-refractivity contribution < 1.29 is 14.4 Å². The first kappa shape index (κ1) is 12.8. The number of Topliss-reactive ketones (excluding diaryl/α,β-unsaturated/α-hetero) is 1. The Balaban J connectivity index is 2.16. The summed E-state index contributed by atoms with van der Waals surface area (Å²) >= 11 is 3.27. The molecule has 3 amide bonds. The molecule has 1 heterocycles. The Bertz CT molecular complexity index is 530. The van der Waals surface area contributed by atoms with E-state index in [1.54, 1.807) is 24.3 Å². The second-order valence-electron chi connectivity index (χ2n) is 4.02. The lowest BCUT2D eigenvalue weighted by atomic mass is 10.1. The first-order chi connectivity index (χ1) is 8.50. The zero-order valence-electron chi connectivity index (χ0n) is 9.72. The highest BCUT2D eigenvalue weighted by atomic mass is 79.9. The molecule has 0 aliphatic carbocycles. The van der Waals surface area contributed by atoms with Crippen molar-refractivity contribution in [1.29, 1.82) is 0 Å². The number of carbonyl (C=O) groups is 3. The van der Waals surface area contributed by atoms with Gasteiger partial charge >= 0.3 is 6.03 Å². The zero-order valence-corrected chi connectivity index (χ0v) is 11.3. The average molecular weight is 311 g/mol. The minimum Gasteiger partial charge on any atom is -0.318 e. The molecule has 0 saturated carbocycles. The van der Waals surface area contributed by atoms with E-state index in [2.05, 4.69) is 15.9 Å². The van der Waals surface area contributed by atoms with E-state index < -0.39 is 6.03 Å². The molecule has 1 fully saturated rings. The Kier molecular flexibility index (Phi) is 3.47. The van der Waals surface area contributed by atoms with Crippen LogP contribution in [0.5, 0.6) is 0 Å². The highest BCUT2D eigenvalue weighted by Gasteiger charge is 2.35. The maximum atomic E-state index is 12.0. The fourth-order valence-electron chi connectivity index (χ4n) is 1.74. The van der Waals surface area contributed by atoms with Crippen molar-refractivity contribution in [2.24, 2.45) is 0 Å². The van der Waals surface area contributed by atoms with E-state index in [1.165, 1.54) is 11.9 Å². The molecule has 18 heavy (non-hydrogen) atoms. The molecule has 1 saturated heterocycles. The van der Waals surface area contributed by atoms with Gasteiger partial charge in [0.25, 0.3) is 5.91 Å². The first-order valence-electron chi connectivity index (χ1n) is 5.34. The largest absolute Gasteiger partial charge is 0.327 e. The third-order valence-electron chi connectivity index (χ3n) is 2.71. The third-order valence-corrected chi connectivity index (χ3v) is 3.40. The molecule has 6 heteroatoms. The number of nitrogens with zero attached hydrogens (tertiary/aromatic N) is 2. The monoisotopic (exact) mass is 310 g/mol. The van der Waals surface area contributed by atoms with Crippen LogP contribution in [-0.2, 0) is 4.79 Å². The van der Waals surface area contributed by atoms with Crippen LogP contribution in [0.3, 0.4) is 0 Å². The van der Waals surface area contributed by atoms with E-state index in [0.717, 1.165) is 4.90 Å². The van der Waals surface area contributed by atoms with Gasteiger partial charge in [-0.25, -0.2) is 4.79 Å². The summed E-state index contributed by atoms with van der Waals surface area (Å²) in [5, 5.41) is 0. The molecule has 0 spiro atoms. The van der Waals surface area contributed by atoms with Crippen molar-refractivity contribution in [2.45, 2.75) is 0 Å². The number of likely N-dealkylation sites (N-methyl/N-ethyl adjacent to an activating group) is 1. The van der Waals surface area contributed by atoms with Gasteiger partial charge in [0.1, 0.15) is 6.54 Å². The van der Waals surface area contributed by atoms with Gasteiger partial charge < -0.3 is 4.90 Å². The summed E-state index contributed by atoms with van der Waals surface area (Å²) in [5.41, 5.74) is 0.465. The number of urea groups is 1. The van der Waals surface area contributed by atoms with Gasteiger partial charge in [-0.15, -0.1) is 0 Å². The van der Waals surface area contributed by atoms with Crippen LogP contribution in [0.2, 0.25) is 0 Å². The summed E-state index contributed by atoms with van der Waals surface area (Å²) in [6, 6.07) is 6.49. The molecule has 0 radical (unpaired) electrons. The molecule has 2 rings (SSSR count). The quantitative estimate of drug-likeness (QED) is 0.628. The number of ketones is 1. The van der Waals surface area contributed by atoms with Gasteiger partial charge in [0.15, 0.2) is 5.78 Å². The number of amides is 3. The van der Waals surface area contributed by atoms with Crippen LogP contribution >= 0.6 is 15.9 Å². The Hall–Kier alpha value is -1.69. The molecule has 5 nitrogen and oxygen atoms in total. The van der Waals surface area contributed by atoms with Gasteiger partial charge in [0, 0.05) is 17.1 Å². The second-order valence-corrected chi connectivity index (χ2v) is 4.88. The van der Waals surface area contributed by atoms with Crippen molar-refractivity contribution in [3.63, 3.8) is 0 Å². The smallest absolute Gasteiger partial charge is 0.318 e. The van der Waals surface area contributed by atoms with Crippen molar-refractivity contribution in [3.05, 3.63) is 34.3 Å². The summed E-state index contributed by atoms with van der Waals surface area (Å²) in [7, 11) is 1.53. The van der Waals surface area contributed by atoms with Crippen LogP contribution in [-0.4, -0.2) is 47.7 Å². The normalized spacial score (nSPS) is 15.4. The standard InChI is InChI=1S/C12H11BrN2O3/c1-14-7-11(17)15(12(14)18)6-10(16)8-4-2-3-5-9(8)13/h2-5H,6-7H2,1H3. The molecule has 94 valence electrons. The molecular formula is C12H11BrN2O3. The molecule has 1 aliphatic rings. The molecule has 1 aromatic carbocycles.